The Bertz CT molecular complexity index is 923. The minimum absolute atomic E-state index is 0.0935. The van der Waals surface area contributed by atoms with Crippen LogP contribution in [0.25, 0.3) is 0 Å². The molecule has 1 amide bonds. The predicted octanol–water partition coefficient (Wildman–Crippen LogP) is 1.49. The highest BCUT2D eigenvalue weighted by molar-refractivity contribution is 7.92. The molecule has 1 saturated heterocycles. The Morgan fingerprint density at radius 3 is 2.54 bits per heavy atom. The molecule has 0 unspecified atom stereocenters. The fourth-order valence-electron chi connectivity index (χ4n) is 3.01. The van der Waals surface area contributed by atoms with Crippen molar-refractivity contribution >= 4 is 27.3 Å². The molecule has 1 aliphatic heterocycles. The van der Waals surface area contributed by atoms with Crippen LogP contribution < -0.4 is 14.4 Å². The van der Waals surface area contributed by atoms with Crippen molar-refractivity contribution in [2.24, 2.45) is 0 Å². The molecule has 28 heavy (non-hydrogen) atoms. The molecule has 1 aromatic heterocycles. The van der Waals surface area contributed by atoms with Crippen molar-refractivity contribution in [3.05, 3.63) is 48.2 Å². The van der Waals surface area contributed by atoms with Crippen molar-refractivity contribution in [2.75, 3.05) is 48.7 Å². The summed E-state index contributed by atoms with van der Waals surface area (Å²) < 4.78 is 30.1. The molecule has 1 fully saturated rings. The number of aryl methyl sites for hydroxylation is 1. The smallest absolute Gasteiger partial charge is 0.260 e. The number of rotatable bonds is 6. The van der Waals surface area contributed by atoms with Gasteiger partial charge < -0.3 is 14.5 Å². The molecule has 0 bridgehead atoms. The second-order valence-corrected chi connectivity index (χ2v) is 8.50. The summed E-state index contributed by atoms with van der Waals surface area (Å²) in [7, 11) is -3.35. The van der Waals surface area contributed by atoms with Gasteiger partial charge in [0.2, 0.25) is 15.9 Å². The molecule has 1 aromatic carbocycles. The number of nitrogens with one attached hydrogen (secondary N) is 1. The van der Waals surface area contributed by atoms with Gasteiger partial charge in [-0.3, -0.25) is 9.52 Å². The first-order chi connectivity index (χ1) is 13.3. The van der Waals surface area contributed by atoms with E-state index in [2.05, 4.69) is 39.7 Å². The largest absolute Gasteiger partial charge is 0.468 e. The number of carbonyl (C=O) groups is 1. The zero-order chi connectivity index (χ0) is 20.1. The molecule has 0 saturated carbocycles. The summed E-state index contributed by atoms with van der Waals surface area (Å²) in [5.41, 5.74) is 2.73. The van der Waals surface area contributed by atoms with Gasteiger partial charge in [-0.15, -0.1) is 0 Å². The van der Waals surface area contributed by atoms with Gasteiger partial charge >= 0.3 is 0 Å². The number of anilines is 2. The van der Waals surface area contributed by atoms with Crippen LogP contribution in [0.15, 0.2) is 42.6 Å². The van der Waals surface area contributed by atoms with E-state index < -0.39 is 10.0 Å². The summed E-state index contributed by atoms with van der Waals surface area (Å²) in [5, 5.41) is 0. The van der Waals surface area contributed by atoms with Crippen LogP contribution >= 0.6 is 0 Å². The highest BCUT2D eigenvalue weighted by Crippen LogP contribution is 2.18. The van der Waals surface area contributed by atoms with Gasteiger partial charge in [-0.25, -0.2) is 13.4 Å². The molecule has 3 rings (SSSR count). The minimum atomic E-state index is -3.35. The van der Waals surface area contributed by atoms with Crippen molar-refractivity contribution in [1.82, 2.24) is 9.88 Å². The topological polar surface area (TPSA) is 91.8 Å². The molecule has 0 atom stereocenters. The summed E-state index contributed by atoms with van der Waals surface area (Å²) >= 11 is 0. The minimum Gasteiger partial charge on any atom is -0.468 e. The molecule has 9 heteroatoms. The molecule has 8 nitrogen and oxygen atoms in total. The maximum Gasteiger partial charge on any atom is 0.260 e. The molecule has 1 aliphatic rings. The number of piperazine rings is 1. The Morgan fingerprint density at radius 1 is 1.18 bits per heavy atom. The number of ether oxygens (including phenoxy) is 1. The SMILES string of the molecule is Cc1cccc(N2CCN(C(=O)COc3ccc(NS(C)(=O)=O)cn3)CC2)c1. The summed E-state index contributed by atoms with van der Waals surface area (Å²) in [6.07, 6.45) is 2.41. The number of carbonyl (C=O) groups excluding carboxylic acids is 1. The number of benzene rings is 1. The van der Waals surface area contributed by atoms with Gasteiger partial charge in [0.25, 0.3) is 5.91 Å². The van der Waals surface area contributed by atoms with E-state index in [0.717, 1.165) is 19.3 Å². The Hall–Kier alpha value is -2.81. The standard InChI is InChI=1S/C19H24N4O4S/c1-15-4-3-5-17(12-15)22-8-10-23(11-9-22)19(24)14-27-18-7-6-16(13-20-18)21-28(2,25)26/h3-7,12-13,21H,8-11,14H2,1-2H3. The maximum absolute atomic E-state index is 12.4. The van der Waals surface area contributed by atoms with Crippen LogP contribution in [0.2, 0.25) is 0 Å². The summed E-state index contributed by atoms with van der Waals surface area (Å²) in [5.74, 6) is 0.176. The lowest BCUT2D eigenvalue weighted by Crippen LogP contribution is -2.50. The predicted molar refractivity (Wildman–Crippen MR) is 108 cm³/mol. The van der Waals surface area contributed by atoms with E-state index in [-0.39, 0.29) is 18.4 Å². The van der Waals surface area contributed by atoms with Crippen LogP contribution in [0.3, 0.4) is 0 Å². The summed E-state index contributed by atoms with van der Waals surface area (Å²) in [6, 6.07) is 11.4. The molecule has 150 valence electrons. The first kappa shape index (κ1) is 19.9. The number of amides is 1. The maximum atomic E-state index is 12.4. The number of nitrogens with zero attached hydrogens (tertiary/aromatic N) is 3. The average molecular weight is 404 g/mol. The Kier molecular flexibility index (Phi) is 6.03. The van der Waals surface area contributed by atoms with Gasteiger partial charge in [-0.2, -0.15) is 0 Å². The van der Waals surface area contributed by atoms with E-state index in [9.17, 15) is 13.2 Å². The highest BCUT2D eigenvalue weighted by atomic mass is 32.2. The third-order valence-electron chi connectivity index (χ3n) is 4.38. The normalized spacial score (nSPS) is 14.6. The van der Waals surface area contributed by atoms with Gasteiger partial charge in [0.05, 0.1) is 18.1 Å². The van der Waals surface area contributed by atoms with Gasteiger partial charge in [0.1, 0.15) is 0 Å². The molecular weight excluding hydrogens is 380 g/mol. The van der Waals surface area contributed by atoms with Crippen molar-refractivity contribution in [2.45, 2.75) is 6.92 Å². The van der Waals surface area contributed by atoms with Crippen LogP contribution in [-0.2, 0) is 14.8 Å². The number of sulfonamides is 1. The van der Waals surface area contributed by atoms with Crippen LogP contribution in [-0.4, -0.2) is 63.3 Å². The molecule has 2 heterocycles. The van der Waals surface area contributed by atoms with Gasteiger partial charge in [-0.05, 0) is 30.7 Å². The second kappa shape index (κ2) is 8.47. The van der Waals surface area contributed by atoms with Crippen LogP contribution in [0, 0.1) is 6.92 Å². The van der Waals surface area contributed by atoms with Crippen LogP contribution in [0.4, 0.5) is 11.4 Å². The van der Waals surface area contributed by atoms with E-state index in [0.29, 0.717) is 18.8 Å². The van der Waals surface area contributed by atoms with E-state index in [4.69, 9.17) is 4.74 Å². The number of pyridine rings is 1. The van der Waals surface area contributed by atoms with Gasteiger partial charge in [0.15, 0.2) is 6.61 Å². The monoisotopic (exact) mass is 404 g/mol. The molecule has 0 aliphatic carbocycles. The quantitative estimate of drug-likeness (QED) is 0.784. The highest BCUT2D eigenvalue weighted by Gasteiger charge is 2.21. The van der Waals surface area contributed by atoms with E-state index in [1.807, 2.05) is 6.07 Å². The molecular formula is C19H24N4O4S. The Labute approximate surface area is 165 Å². The Morgan fingerprint density at radius 2 is 1.93 bits per heavy atom. The number of hydrogen-bond acceptors (Lipinski definition) is 6. The molecule has 0 radical (unpaired) electrons. The Balaban J connectivity index is 1.47. The third-order valence-corrected chi connectivity index (χ3v) is 4.99. The molecule has 1 N–H and O–H groups in total. The average Bonchev–Trinajstić information content (AvgIpc) is 2.66. The van der Waals surface area contributed by atoms with Crippen molar-refractivity contribution in [3.8, 4) is 5.88 Å². The van der Waals surface area contributed by atoms with Crippen molar-refractivity contribution in [1.29, 1.82) is 0 Å². The summed E-state index contributed by atoms with van der Waals surface area (Å²) in [4.78, 5) is 20.5. The van der Waals surface area contributed by atoms with Crippen LogP contribution in [0.1, 0.15) is 5.56 Å². The van der Waals surface area contributed by atoms with Crippen molar-refractivity contribution < 1.29 is 17.9 Å². The summed E-state index contributed by atoms with van der Waals surface area (Å²) in [6.45, 7) is 4.80. The second-order valence-electron chi connectivity index (χ2n) is 6.75. The lowest BCUT2D eigenvalue weighted by atomic mass is 10.2. The van der Waals surface area contributed by atoms with Crippen LogP contribution in [0.5, 0.6) is 5.88 Å². The van der Waals surface area contributed by atoms with E-state index in [1.165, 1.54) is 29.6 Å². The molecule has 0 spiro atoms. The van der Waals surface area contributed by atoms with E-state index in [1.54, 1.807) is 4.90 Å². The first-order valence-corrected chi connectivity index (χ1v) is 10.9. The van der Waals surface area contributed by atoms with E-state index >= 15 is 0 Å². The molecule has 2 aromatic rings. The zero-order valence-corrected chi connectivity index (χ0v) is 16.8. The van der Waals surface area contributed by atoms with Crippen molar-refractivity contribution in [3.63, 3.8) is 0 Å². The fourth-order valence-corrected chi connectivity index (χ4v) is 3.55. The van der Waals surface area contributed by atoms with Gasteiger partial charge in [0, 0.05) is 37.9 Å². The number of aromatic nitrogens is 1. The first-order valence-electron chi connectivity index (χ1n) is 8.96. The fraction of sp³-hybridized carbons (Fsp3) is 0.368. The lowest BCUT2D eigenvalue weighted by molar-refractivity contribution is -0.133. The third kappa shape index (κ3) is 5.59. The zero-order valence-electron chi connectivity index (χ0n) is 16.0. The number of hydrogen-bond donors (Lipinski definition) is 1. The van der Waals surface area contributed by atoms with Gasteiger partial charge in [-0.1, -0.05) is 12.1 Å². The lowest BCUT2D eigenvalue weighted by Gasteiger charge is -2.36.